The molecule has 0 radical (unpaired) electrons. The largest absolute Gasteiger partial charge is 0.390 e. The third-order valence-electron chi connectivity index (χ3n) is 3.31. The second-order valence-electron chi connectivity index (χ2n) is 3.86. The van der Waals surface area contributed by atoms with Crippen molar-refractivity contribution in [3.8, 4) is 6.07 Å². The molecule has 2 aliphatic carbocycles. The highest BCUT2D eigenvalue weighted by atomic mass is 16.6. The van der Waals surface area contributed by atoms with Gasteiger partial charge >= 0.3 is 0 Å². The van der Waals surface area contributed by atoms with Crippen LogP contribution >= 0.6 is 0 Å². The monoisotopic (exact) mass is 167 g/mol. The maximum atomic E-state index is 9.56. The molecule has 4 nitrogen and oxygen atoms in total. The van der Waals surface area contributed by atoms with E-state index < -0.39 is 12.2 Å². The minimum Gasteiger partial charge on any atom is -0.390 e. The summed E-state index contributed by atoms with van der Waals surface area (Å²) in [5.74, 6) is -0.214. The average Bonchev–Trinajstić information content (AvgIpc) is 2.92. The summed E-state index contributed by atoms with van der Waals surface area (Å²) in [7, 11) is 0. The molecule has 0 spiro atoms. The summed E-state index contributed by atoms with van der Waals surface area (Å²) in [5, 5.41) is 27.8. The van der Waals surface area contributed by atoms with Gasteiger partial charge in [0.2, 0.25) is 0 Å². The first kappa shape index (κ1) is 6.84. The van der Waals surface area contributed by atoms with E-state index in [0.717, 1.165) is 0 Å². The molecule has 1 aliphatic heterocycles. The van der Waals surface area contributed by atoms with E-state index in [9.17, 15) is 10.2 Å². The van der Waals surface area contributed by atoms with Crippen molar-refractivity contribution in [1.29, 1.82) is 5.26 Å². The number of nitriles is 1. The van der Waals surface area contributed by atoms with Crippen LogP contribution in [0.1, 0.15) is 0 Å². The van der Waals surface area contributed by atoms with Crippen molar-refractivity contribution in [2.24, 2.45) is 17.8 Å². The normalized spacial score (nSPS) is 65.9. The van der Waals surface area contributed by atoms with Crippen molar-refractivity contribution in [2.45, 2.75) is 24.4 Å². The first-order valence-electron chi connectivity index (χ1n) is 4.17. The van der Waals surface area contributed by atoms with E-state index in [4.69, 9.17) is 10.00 Å². The van der Waals surface area contributed by atoms with E-state index in [1.54, 1.807) is 0 Å². The minimum absolute atomic E-state index is 0.0336. The fourth-order valence-electron chi connectivity index (χ4n) is 2.54. The Hall–Kier alpha value is -0.630. The molecule has 1 saturated heterocycles. The van der Waals surface area contributed by atoms with Crippen LogP contribution in [-0.4, -0.2) is 34.6 Å². The Labute approximate surface area is 69.4 Å². The molecule has 7 atom stereocenters. The number of epoxide rings is 1. The zero-order valence-electron chi connectivity index (χ0n) is 6.29. The zero-order valence-corrected chi connectivity index (χ0v) is 6.29. The van der Waals surface area contributed by atoms with Gasteiger partial charge in [0.1, 0.15) is 12.2 Å². The molecule has 3 rings (SSSR count). The van der Waals surface area contributed by atoms with Gasteiger partial charge in [-0.2, -0.15) is 5.26 Å². The lowest BCUT2D eigenvalue weighted by Crippen LogP contribution is -2.33. The average molecular weight is 167 g/mol. The highest BCUT2D eigenvalue weighted by Gasteiger charge is 2.71. The Bertz CT molecular complexity index is 254. The fraction of sp³-hybridized carbons (Fsp3) is 0.875. The highest BCUT2D eigenvalue weighted by molar-refractivity contribution is 5.23. The molecule has 64 valence electrons. The van der Waals surface area contributed by atoms with Crippen LogP contribution in [0.5, 0.6) is 0 Å². The molecule has 0 aromatic carbocycles. The molecule has 0 aromatic rings. The number of rotatable bonds is 0. The number of nitrogens with zero attached hydrogens (tertiary/aromatic N) is 1. The second-order valence-corrected chi connectivity index (χ2v) is 3.86. The van der Waals surface area contributed by atoms with E-state index in [2.05, 4.69) is 6.07 Å². The number of fused-ring (bicyclic) bond motifs is 2. The minimum atomic E-state index is -0.520. The molecule has 12 heavy (non-hydrogen) atoms. The van der Waals surface area contributed by atoms with Gasteiger partial charge in [0.15, 0.2) is 0 Å². The van der Waals surface area contributed by atoms with Gasteiger partial charge in [0.25, 0.3) is 0 Å². The van der Waals surface area contributed by atoms with Crippen LogP contribution in [0.15, 0.2) is 0 Å². The number of aliphatic hydroxyl groups is 2. The number of hydrogen-bond acceptors (Lipinski definition) is 4. The molecule has 4 heteroatoms. The first-order valence-corrected chi connectivity index (χ1v) is 4.17. The van der Waals surface area contributed by atoms with Gasteiger partial charge in [-0.1, -0.05) is 0 Å². The molecule has 1 unspecified atom stereocenters. The molecule has 1 heterocycles. The molecular weight excluding hydrogens is 158 g/mol. The van der Waals surface area contributed by atoms with Crippen LogP contribution < -0.4 is 0 Å². The van der Waals surface area contributed by atoms with Gasteiger partial charge < -0.3 is 14.9 Å². The SMILES string of the molecule is N#CC1[C@@H]2[C@@H](O)[C@H]3O[C@H]3[C@@H](O)[C@H]12. The predicted octanol–water partition coefficient (Wildman–Crippen LogP) is -1.13. The van der Waals surface area contributed by atoms with Crippen molar-refractivity contribution < 1.29 is 14.9 Å². The van der Waals surface area contributed by atoms with Crippen LogP contribution in [0.4, 0.5) is 0 Å². The summed E-state index contributed by atoms with van der Waals surface area (Å²) in [6, 6.07) is 2.11. The standard InChI is InChI=1S/C8H9NO3/c9-1-2-3-4(2)6(11)8-7(12-8)5(3)10/h2-8,10-11H/t2?,3-,4+,5+,6-,7+,8-. The summed E-state index contributed by atoms with van der Waals surface area (Å²) >= 11 is 0. The maximum absolute atomic E-state index is 9.56. The van der Waals surface area contributed by atoms with Crippen molar-refractivity contribution in [2.75, 3.05) is 0 Å². The van der Waals surface area contributed by atoms with E-state index in [1.807, 2.05) is 0 Å². The number of hydrogen-bond donors (Lipinski definition) is 2. The maximum Gasteiger partial charge on any atom is 0.113 e. The number of ether oxygens (including phenoxy) is 1. The molecule has 2 N–H and O–H groups in total. The molecule has 0 aromatic heterocycles. The third-order valence-corrected chi connectivity index (χ3v) is 3.31. The van der Waals surface area contributed by atoms with Gasteiger partial charge in [0.05, 0.1) is 24.2 Å². The van der Waals surface area contributed by atoms with Crippen molar-refractivity contribution >= 4 is 0 Å². The molecule has 0 amide bonds. The van der Waals surface area contributed by atoms with Gasteiger partial charge in [-0.15, -0.1) is 0 Å². The summed E-state index contributed by atoms with van der Waals surface area (Å²) in [6.45, 7) is 0. The van der Waals surface area contributed by atoms with Gasteiger partial charge in [-0.3, -0.25) is 0 Å². The third kappa shape index (κ3) is 0.589. The lowest BCUT2D eigenvalue weighted by molar-refractivity contribution is 0.0703. The number of aliphatic hydroxyl groups excluding tert-OH is 2. The Kier molecular flexibility index (Phi) is 1.04. The van der Waals surface area contributed by atoms with Crippen LogP contribution in [0, 0.1) is 29.1 Å². The van der Waals surface area contributed by atoms with Crippen LogP contribution in [0.2, 0.25) is 0 Å². The van der Waals surface area contributed by atoms with Crippen LogP contribution in [-0.2, 0) is 4.74 Å². The Morgan fingerprint density at radius 1 is 1.08 bits per heavy atom. The Morgan fingerprint density at radius 2 is 1.58 bits per heavy atom. The van der Waals surface area contributed by atoms with Crippen molar-refractivity contribution in [3.05, 3.63) is 0 Å². The fourth-order valence-corrected chi connectivity index (χ4v) is 2.54. The second kappa shape index (κ2) is 1.82. The molecule has 2 saturated carbocycles. The molecule has 3 aliphatic rings. The molecule has 0 bridgehead atoms. The van der Waals surface area contributed by atoms with Crippen molar-refractivity contribution in [1.82, 2.24) is 0 Å². The van der Waals surface area contributed by atoms with E-state index >= 15 is 0 Å². The van der Waals surface area contributed by atoms with Gasteiger partial charge in [-0.25, -0.2) is 0 Å². The zero-order chi connectivity index (χ0) is 8.46. The summed E-state index contributed by atoms with van der Waals surface area (Å²) < 4.78 is 5.09. The lowest BCUT2D eigenvalue weighted by Gasteiger charge is -2.14. The van der Waals surface area contributed by atoms with E-state index in [0.29, 0.717) is 0 Å². The molecule has 3 fully saturated rings. The highest BCUT2D eigenvalue weighted by Crippen LogP contribution is 2.60. The first-order chi connectivity index (χ1) is 5.75. The summed E-state index contributed by atoms with van der Waals surface area (Å²) in [5.41, 5.74) is 0. The van der Waals surface area contributed by atoms with E-state index in [1.165, 1.54) is 0 Å². The summed E-state index contributed by atoms with van der Waals surface area (Å²) in [4.78, 5) is 0. The van der Waals surface area contributed by atoms with Crippen LogP contribution in [0.25, 0.3) is 0 Å². The summed E-state index contributed by atoms with van der Waals surface area (Å²) in [6.07, 6.45) is -1.43. The van der Waals surface area contributed by atoms with Gasteiger partial charge in [-0.05, 0) is 0 Å². The lowest BCUT2D eigenvalue weighted by atomic mass is 9.95. The topological polar surface area (TPSA) is 76.8 Å². The quantitative estimate of drug-likeness (QED) is 0.448. The van der Waals surface area contributed by atoms with Crippen LogP contribution in [0.3, 0.4) is 0 Å². The smallest absolute Gasteiger partial charge is 0.113 e. The van der Waals surface area contributed by atoms with E-state index in [-0.39, 0.29) is 30.0 Å². The van der Waals surface area contributed by atoms with Crippen molar-refractivity contribution in [3.63, 3.8) is 0 Å². The van der Waals surface area contributed by atoms with Gasteiger partial charge in [0, 0.05) is 11.8 Å². The Balaban J connectivity index is 1.88. The predicted molar refractivity (Wildman–Crippen MR) is 36.8 cm³/mol. The molecular formula is C8H9NO3. The Morgan fingerprint density at radius 3 is 2.00 bits per heavy atom.